The van der Waals surface area contributed by atoms with Crippen LogP contribution in [-0.4, -0.2) is 43.8 Å². The summed E-state index contributed by atoms with van der Waals surface area (Å²) in [5.41, 5.74) is 0. The van der Waals surface area contributed by atoms with Gasteiger partial charge in [0.05, 0.1) is 0 Å². The van der Waals surface area contributed by atoms with Crippen LogP contribution in [0.25, 0.3) is 0 Å². The number of rotatable bonds is 7. The van der Waals surface area contributed by atoms with E-state index in [2.05, 4.69) is 9.71 Å². The number of hydrogen-bond donors (Lipinski definition) is 1. The summed E-state index contributed by atoms with van der Waals surface area (Å²) in [6.45, 7) is 4.73. The summed E-state index contributed by atoms with van der Waals surface area (Å²) in [7, 11) is -4.03. The number of amides is 1. The first kappa shape index (κ1) is 16.5. The van der Waals surface area contributed by atoms with E-state index in [9.17, 15) is 17.6 Å². The Balaban J connectivity index is 2.62. The minimum Gasteiger partial charge on any atom is -0.343 e. The lowest BCUT2D eigenvalue weighted by molar-refractivity contribution is -0.130. The Morgan fingerprint density at radius 1 is 1.40 bits per heavy atom. The summed E-state index contributed by atoms with van der Waals surface area (Å²) in [6.07, 6.45) is 1.22. The highest BCUT2D eigenvalue weighted by Crippen LogP contribution is 2.09. The summed E-state index contributed by atoms with van der Waals surface area (Å²) in [6, 6.07) is 2.32. The van der Waals surface area contributed by atoms with Gasteiger partial charge in [0, 0.05) is 32.3 Å². The van der Waals surface area contributed by atoms with Crippen LogP contribution in [0.15, 0.2) is 23.4 Å². The Morgan fingerprint density at radius 3 is 2.60 bits per heavy atom. The number of nitrogens with one attached hydrogen (secondary N) is 1. The molecular weight excluding hydrogens is 285 g/mol. The van der Waals surface area contributed by atoms with Crippen molar-refractivity contribution >= 4 is 15.9 Å². The first-order valence-corrected chi connectivity index (χ1v) is 7.78. The van der Waals surface area contributed by atoms with E-state index in [1.54, 1.807) is 4.90 Å². The van der Waals surface area contributed by atoms with Crippen LogP contribution in [0.5, 0.6) is 0 Å². The van der Waals surface area contributed by atoms with Crippen molar-refractivity contribution in [3.8, 4) is 0 Å². The normalized spacial score (nSPS) is 11.3. The second kappa shape index (κ2) is 7.30. The van der Waals surface area contributed by atoms with Gasteiger partial charge >= 0.3 is 0 Å². The standard InChI is InChI=1S/C12H18FN3O3S/c1-3-16(4-2)11(17)7-9-15-20(18,19)12-10(13)6-5-8-14-12/h5-6,8,15H,3-4,7,9H2,1-2H3. The monoisotopic (exact) mass is 303 g/mol. The fourth-order valence-corrected chi connectivity index (χ4v) is 2.70. The average molecular weight is 303 g/mol. The van der Waals surface area contributed by atoms with E-state index in [0.717, 1.165) is 6.07 Å². The van der Waals surface area contributed by atoms with Crippen LogP contribution < -0.4 is 4.72 Å². The minimum absolute atomic E-state index is 0.0232. The topological polar surface area (TPSA) is 79.4 Å². The number of pyridine rings is 1. The number of sulfonamides is 1. The Hall–Kier alpha value is -1.54. The van der Waals surface area contributed by atoms with E-state index < -0.39 is 20.9 Å². The molecule has 0 spiro atoms. The zero-order valence-corrected chi connectivity index (χ0v) is 12.3. The molecule has 0 bridgehead atoms. The largest absolute Gasteiger partial charge is 0.343 e. The van der Waals surface area contributed by atoms with Crippen molar-refractivity contribution in [2.24, 2.45) is 0 Å². The maximum Gasteiger partial charge on any atom is 0.261 e. The minimum atomic E-state index is -4.03. The van der Waals surface area contributed by atoms with Gasteiger partial charge in [-0.15, -0.1) is 0 Å². The van der Waals surface area contributed by atoms with Gasteiger partial charge in [-0.25, -0.2) is 22.5 Å². The van der Waals surface area contributed by atoms with Crippen molar-refractivity contribution < 1.29 is 17.6 Å². The number of hydrogen-bond acceptors (Lipinski definition) is 4. The van der Waals surface area contributed by atoms with E-state index >= 15 is 0 Å². The number of aromatic nitrogens is 1. The molecule has 1 N–H and O–H groups in total. The molecule has 1 heterocycles. The lowest BCUT2D eigenvalue weighted by Gasteiger charge is -2.18. The van der Waals surface area contributed by atoms with Crippen LogP contribution in [0, 0.1) is 5.82 Å². The molecule has 0 atom stereocenters. The second-order valence-corrected chi connectivity index (χ2v) is 5.69. The molecule has 0 radical (unpaired) electrons. The molecule has 8 heteroatoms. The third-order valence-electron chi connectivity index (χ3n) is 2.73. The van der Waals surface area contributed by atoms with Crippen LogP contribution in [0.1, 0.15) is 20.3 Å². The summed E-state index contributed by atoms with van der Waals surface area (Å²) in [5, 5.41) is -0.657. The van der Waals surface area contributed by atoms with Gasteiger partial charge in [0.25, 0.3) is 10.0 Å². The molecule has 0 aromatic carbocycles. The molecule has 0 aliphatic heterocycles. The maximum absolute atomic E-state index is 13.4. The van der Waals surface area contributed by atoms with E-state index in [1.807, 2.05) is 13.8 Å². The first-order chi connectivity index (χ1) is 9.42. The third kappa shape index (κ3) is 4.24. The highest BCUT2D eigenvalue weighted by Gasteiger charge is 2.20. The van der Waals surface area contributed by atoms with E-state index in [0.29, 0.717) is 13.1 Å². The Kier molecular flexibility index (Phi) is 6.03. The van der Waals surface area contributed by atoms with Crippen LogP contribution in [0.4, 0.5) is 4.39 Å². The zero-order valence-electron chi connectivity index (χ0n) is 11.5. The predicted molar refractivity (Wildman–Crippen MR) is 71.9 cm³/mol. The fraction of sp³-hybridized carbons (Fsp3) is 0.500. The lowest BCUT2D eigenvalue weighted by atomic mass is 10.3. The Labute approximate surface area is 118 Å². The van der Waals surface area contributed by atoms with E-state index in [1.165, 1.54) is 12.3 Å². The highest BCUT2D eigenvalue weighted by atomic mass is 32.2. The van der Waals surface area contributed by atoms with Crippen molar-refractivity contribution in [2.45, 2.75) is 25.3 Å². The molecule has 20 heavy (non-hydrogen) atoms. The van der Waals surface area contributed by atoms with Gasteiger partial charge in [-0.05, 0) is 26.0 Å². The molecule has 1 rings (SSSR count). The average Bonchev–Trinajstić information content (AvgIpc) is 2.40. The van der Waals surface area contributed by atoms with Crippen molar-refractivity contribution in [3.05, 3.63) is 24.1 Å². The summed E-state index contributed by atoms with van der Waals surface area (Å²) < 4.78 is 39.1. The van der Waals surface area contributed by atoms with Gasteiger partial charge < -0.3 is 4.90 Å². The van der Waals surface area contributed by atoms with Gasteiger partial charge in [0.1, 0.15) is 0 Å². The molecule has 0 saturated carbocycles. The molecule has 0 aliphatic carbocycles. The Morgan fingerprint density at radius 2 is 2.05 bits per heavy atom. The Bertz CT molecular complexity index is 559. The predicted octanol–water partition coefficient (Wildman–Crippen LogP) is 0.758. The van der Waals surface area contributed by atoms with E-state index in [-0.39, 0.29) is 18.9 Å². The van der Waals surface area contributed by atoms with Crippen LogP contribution in [-0.2, 0) is 14.8 Å². The summed E-state index contributed by atoms with van der Waals surface area (Å²) in [4.78, 5) is 16.8. The molecule has 1 amide bonds. The van der Waals surface area contributed by atoms with Crippen LogP contribution in [0.3, 0.4) is 0 Å². The number of halogens is 1. The molecule has 112 valence electrons. The van der Waals surface area contributed by atoms with E-state index in [4.69, 9.17) is 0 Å². The molecular formula is C12H18FN3O3S. The van der Waals surface area contributed by atoms with Crippen LogP contribution in [0.2, 0.25) is 0 Å². The SMILES string of the molecule is CCN(CC)C(=O)CCNS(=O)(=O)c1ncccc1F. The van der Waals surface area contributed by atoms with Gasteiger partial charge in [-0.1, -0.05) is 0 Å². The summed E-state index contributed by atoms with van der Waals surface area (Å²) >= 11 is 0. The third-order valence-corrected chi connectivity index (χ3v) is 4.12. The molecule has 1 aromatic rings. The second-order valence-electron chi connectivity index (χ2n) is 4.00. The van der Waals surface area contributed by atoms with Crippen LogP contribution >= 0.6 is 0 Å². The van der Waals surface area contributed by atoms with Gasteiger partial charge in [0.2, 0.25) is 10.9 Å². The molecule has 0 aliphatic rings. The quantitative estimate of drug-likeness (QED) is 0.806. The maximum atomic E-state index is 13.4. The fourth-order valence-electron chi connectivity index (χ4n) is 1.66. The number of carbonyl (C=O) groups excluding carboxylic acids is 1. The van der Waals surface area contributed by atoms with Crippen molar-refractivity contribution in [1.82, 2.24) is 14.6 Å². The van der Waals surface area contributed by atoms with Crippen molar-refractivity contribution in [2.75, 3.05) is 19.6 Å². The number of carbonyl (C=O) groups is 1. The van der Waals surface area contributed by atoms with Gasteiger partial charge in [-0.3, -0.25) is 4.79 Å². The van der Waals surface area contributed by atoms with Crippen molar-refractivity contribution in [1.29, 1.82) is 0 Å². The molecule has 0 saturated heterocycles. The molecule has 1 aromatic heterocycles. The van der Waals surface area contributed by atoms with Gasteiger partial charge in [0.15, 0.2) is 5.82 Å². The highest BCUT2D eigenvalue weighted by molar-refractivity contribution is 7.89. The smallest absolute Gasteiger partial charge is 0.261 e. The zero-order chi connectivity index (χ0) is 15.2. The molecule has 6 nitrogen and oxygen atoms in total. The van der Waals surface area contributed by atoms with Crippen molar-refractivity contribution in [3.63, 3.8) is 0 Å². The summed E-state index contributed by atoms with van der Waals surface area (Å²) in [5.74, 6) is -1.07. The molecule has 0 unspecified atom stereocenters. The molecule has 0 fully saturated rings. The number of nitrogens with zero attached hydrogens (tertiary/aromatic N) is 2. The lowest BCUT2D eigenvalue weighted by Crippen LogP contribution is -2.34. The first-order valence-electron chi connectivity index (χ1n) is 6.30. The van der Waals surface area contributed by atoms with Gasteiger partial charge in [-0.2, -0.15) is 0 Å².